The van der Waals surface area contributed by atoms with Gasteiger partial charge >= 0.3 is 6.18 Å². The summed E-state index contributed by atoms with van der Waals surface area (Å²) in [4.78, 5) is 3.93. The topological polar surface area (TPSA) is 6.48 Å². The Hall–Kier alpha value is -1.23. The highest BCUT2D eigenvalue weighted by Crippen LogP contribution is 2.32. The van der Waals surface area contributed by atoms with Crippen LogP contribution in [0.5, 0.6) is 0 Å². The molecule has 0 aromatic heterocycles. The van der Waals surface area contributed by atoms with E-state index in [9.17, 15) is 13.2 Å². The fourth-order valence-electron chi connectivity index (χ4n) is 1.90. The molecule has 1 aromatic carbocycles. The smallest absolute Gasteiger partial charge is 0.375 e. The number of anilines is 1. The number of hydrogen-bond acceptors (Lipinski definition) is 2. The van der Waals surface area contributed by atoms with Crippen LogP contribution in [0, 0.1) is 6.92 Å². The summed E-state index contributed by atoms with van der Waals surface area (Å²) in [7, 11) is 5.79. The van der Waals surface area contributed by atoms with Gasteiger partial charge in [-0.25, -0.2) is 0 Å². The van der Waals surface area contributed by atoms with Crippen molar-refractivity contribution in [3.05, 3.63) is 29.3 Å². The van der Waals surface area contributed by atoms with Crippen molar-refractivity contribution in [2.75, 3.05) is 39.1 Å². The quantitative estimate of drug-likeness (QED) is 0.812. The molecule has 0 saturated carbocycles. The Bertz CT molecular complexity index is 414. The number of alkyl halides is 3. The summed E-state index contributed by atoms with van der Waals surface area (Å²) in [5.74, 6) is 0. The van der Waals surface area contributed by atoms with Gasteiger partial charge in [-0.3, -0.25) is 0 Å². The van der Waals surface area contributed by atoms with Crippen LogP contribution in [0.25, 0.3) is 0 Å². The zero-order valence-electron chi connectivity index (χ0n) is 11.9. The lowest BCUT2D eigenvalue weighted by Gasteiger charge is -2.22. The second-order valence-electron chi connectivity index (χ2n) is 5.13. The minimum atomic E-state index is -4.29. The van der Waals surface area contributed by atoms with Crippen molar-refractivity contribution in [1.29, 1.82) is 0 Å². The Morgan fingerprint density at radius 2 is 1.63 bits per heavy atom. The molecule has 0 aliphatic heterocycles. The summed E-state index contributed by atoms with van der Waals surface area (Å²) in [6, 6.07) is 4.17. The van der Waals surface area contributed by atoms with E-state index in [2.05, 4.69) is 4.90 Å². The van der Waals surface area contributed by atoms with E-state index in [-0.39, 0.29) is 0 Å². The molecule has 0 bridgehead atoms. The predicted octanol–water partition coefficient (Wildman–Crippen LogP) is 3.40. The van der Waals surface area contributed by atoms with Crippen LogP contribution in [0.1, 0.15) is 17.5 Å². The highest BCUT2D eigenvalue weighted by molar-refractivity contribution is 5.51. The summed E-state index contributed by atoms with van der Waals surface area (Å²) in [6.45, 7) is 3.34. The second kappa shape index (κ2) is 6.28. The average molecular weight is 274 g/mol. The van der Waals surface area contributed by atoms with Crippen LogP contribution in [-0.4, -0.2) is 39.1 Å². The van der Waals surface area contributed by atoms with Crippen molar-refractivity contribution in [3.8, 4) is 0 Å². The van der Waals surface area contributed by atoms with Crippen LogP contribution in [0.3, 0.4) is 0 Å². The van der Waals surface area contributed by atoms with Crippen LogP contribution < -0.4 is 4.90 Å². The Balaban J connectivity index is 2.79. The molecule has 0 heterocycles. The molecule has 0 radical (unpaired) electrons. The molecule has 1 rings (SSSR count). The van der Waals surface area contributed by atoms with E-state index < -0.39 is 11.7 Å². The lowest BCUT2D eigenvalue weighted by molar-refractivity contribution is -0.137. The van der Waals surface area contributed by atoms with Gasteiger partial charge in [0.25, 0.3) is 0 Å². The highest BCUT2D eigenvalue weighted by atomic mass is 19.4. The van der Waals surface area contributed by atoms with E-state index in [1.165, 1.54) is 12.1 Å². The molecule has 0 aliphatic carbocycles. The molecule has 2 nitrogen and oxygen atoms in total. The molecule has 0 spiro atoms. The van der Waals surface area contributed by atoms with Gasteiger partial charge in [-0.15, -0.1) is 0 Å². The van der Waals surface area contributed by atoms with Crippen molar-refractivity contribution >= 4 is 5.69 Å². The standard InChI is InChI=1S/C14H21F3N2/c1-11-8-12(14(15,16)17)10-13(9-11)19(4)7-5-6-18(2)3/h8-10H,5-7H2,1-4H3. The zero-order valence-corrected chi connectivity index (χ0v) is 11.9. The van der Waals surface area contributed by atoms with Crippen molar-refractivity contribution in [2.45, 2.75) is 19.5 Å². The van der Waals surface area contributed by atoms with E-state index in [4.69, 9.17) is 0 Å². The molecule has 0 aliphatic rings. The van der Waals surface area contributed by atoms with Crippen LogP contribution in [0.2, 0.25) is 0 Å². The van der Waals surface area contributed by atoms with Crippen molar-refractivity contribution in [2.24, 2.45) is 0 Å². The summed E-state index contributed by atoms with van der Waals surface area (Å²) in [5, 5.41) is 0. The van der Waals surface area contributed by atoms with Crippen molar-refractivity contribution in [3.63, 3.8) is 0 Å². The average Bonchev–Trinajstić information content (AvgIpc) is 2.26. The van der Waals surface area contributed by atoms with Gasteiger partial charge in [-0.1, -0.05) is 0 Å². The maximum absolute atomic E-state index is 12.7. The first-order valence-corrected chi connectivity index (χ1v) is 6.25. The largest absolute Gasteiger partial charge is 0.416 e. The van der Waals surface area contributed by atoms with Gasteiger partial charge in [0.05, 0.1) is 5.56 Å². The number of hydrogen-bond donors (Lipinski definition) is 0. The number of nitrogens with zero attached hydrogens (tertiary/aromatic N) is 2. The lowest BCUT2D eigenvalue weighted by Crippen LogP contribution is -2.23. The van der Waals surface area contributed by atoms with Gasteiger partial charge in [-0.05, 0) is 57.7 Å². The fourth-order valence-corrected chi connectivity index (χ4v) is 1.90. The minimum Gasteiger partial charge on any atom is -0.375 e. The summed E-state index contributed by atoms with van der Waals surface area (Å²) >= 11 is 0. The molecule has 5 heteroatoms. The molecule has 0 N–H and O–H groups in total. The molecule has 0 amide bonds. The van der Waals surface area contributed by atoms with E-state index >= 15 is 0 Å². The van der Waals surface area contributed by atoms with Gasteiger partial charge < -0.3 is 9.80 Å². The predicted molar refractivity (Wildman–Crippen MR) is 72.6 cm³/mol. The third-order valence-corrected chi connectivity index (χ3v) is 2.93. The maximum atomic E-state index is 12.7. The second-order valence-corrected chi connectivity index (χ2v) is 5.13. The number of benzene rings is 1. The minimum absolute atomic E-state index is 0.582. The normalized spacial score (nSPS) is 12.0. The summed E-state index contributed by atoms with van der Waals surface area (Å²) in [6.07, 6.45) is -3.37. The molecular formula is C14H21F3N2. The third-order valence-electron chi connectivity index (χ3n) is 2.93. The highest BCUT2D eigenvalue weighted by Gasteiger charge is 2.31. The number of rotatable bonds is 5. The molecule has 0 atom stereocenters. The van der Waals surface area contributed by atoms with Gasteiger partial charge in [-0.2, -0.15) is 13.2 Å². The Kier molecular flexibility index (Phi) is 5.23. The van der Waals surface area contributed by atoms with Crippen LogP contribution in [0.4, 0.5) is 18.9 Å². The summed E-state index contributed by atoms with van der Waals surface area (Å²) in [5.41, 5.74) is 0.664. The third kappa shape index (κ3) is 5.11. The zero-order chi connectivity index (χ0) is 14.6. The Labute approximate surface area is 112 Å². The maximum Gasteiger partial charge on any atom is 0.416 e. The van der Waals surface area contributed by atoms with E-state index in [1.807, 2.05) is 26.0 Å². The van der Waals surface area contributed by atoms with Crippen LogP contribution >= 0.6 is 0 Å². The fraction of sp³-hybridized carbons (Fsp3) is 0.571. The molecule has 0 fully saturated rings. The lowest BCUT2D eigenvalue weighted by atomic mass is 10.1. The molecule has 19 heavy (non-hydrogen) atoms. The van der Waals surface area contributed by atoms with Gasteiger partial charge in [0.1, 0.15) is 0 Å². The molecule has 0 unspecified atom stereocenters. The first kappa shape index (κ1) is 15.8. The van der Waals surface area contributed by atoms with E-state index in [1.54, 1.807) is 13.0 Å². The monoisotopic (exact) mass is 274 g/mol. The van der Waals surface area contributed by atoms with Gasteiger partial charge in [0.2, 0.25) is 0 Å². The number of aryl methyl sites for hydroxylation is 1. The Morgan fingerprint density at radius 3 is 2.16 bits per heavy atom. The SMILES string of the molecule is Cc1cc(N(C)CCCN(C)C)cc(C(F)(F)F)c1. The molecule has 108 valence electrons. The Morgan fingerprint density at radius 1 is 1.00 bits per heavy atom. The van der Waals surface area contributed by atoms with Crippen molar-refractivity contribution < 1.29 is 13.2 Å². The molecular weight excluding hydrogens is 253 g/mol. The van der Waals surface area contributed by atoms with Gasteiger partial charge in [0.15, 0.2) is 0 Å². The van der Waals surface area contributed by atoms with Crippen molar-refractivity contribution in [1.82, 2.24) is 4.90 Å². The first-order chi connectivity index (χ1) is 8.70. The summed E-state index contributed by atoms with van der Waals surface area (Å²) < 4.78 is 38.2. The van der Waals surface area contributed by atoms with E-state index in [0.717, 1.165) is 19.5 Å². The first-order valence-electron chi connectivity index (χ1n) is 6.25. The molecule has 0 saturated heterocycles. The van der Waals surface area contributed by atoms with Gasteiger partial charge in [0, 0.05) is 19.3 Å². The van der Waals surface area contributed by atoms with Crippen LogP contribution in [-0.2, 0) is 6.18 Å². The molecule has 1 aromatic rings. The number of halogens is 3. The van der Waals surface area contributed by atoms with Crippen LogP contribution in [0.15, 0.2) is 18.2 Å². The van der Waals surface area contributed by atoms with E-state index in [0.29, 0.717) is 11.3 Å².